The summed E-state index contributed by atoms with van der Waals surface area (Å²) in [4.78, 5) is 4.42. The molecule has 0 saturated carbocycles. The van der Waals surface area contributed by atoms with E-state index in [1.54, 1.807) is 13.2 Å². The maximum Gasteiger partial charge on any atom is 0.139 e. The van der Waals surface area contributed by atoms with Crippen molar-refractivity contribution in [3.63, 3.8) is 0 Å². The van der Waals surface area contributed by atoms with Crippen LogP contribution in [0.1, 0.15) is 5.82 Å². The van der Waals surface area contributed by atoms with E-state index in [1.165, 1.54) is 6.07 Å². The second kappa shape index (κ2) is 5.99. The highest BCUT2D eigenvalue weighted by atomic mass is 79.9. The minimum Gasteiger partial charge on any atom is -0.383 e. The van der Waals surface area contributed by atoms with Crippen LogP contribution in [0.2, 0.25) is 0 Å². The van der Waals surface area contributed by atoms with Crippen LogP contribution >= 0.6 is 27.5 Å². The number of nitrogens with zero attached hydrogens (tertiary/aromatic N) is 2. The fourth-order valence-corrected chi connectivity index (χ4v) is 2.38. The SMILES string of the molecule is COCCn1c(CCCl)nc2cc(F)c(Br)cc21. The molecule has 18 heavy (non-hydrogen) atoms. The fourth-order valence-electron chi connectivity index (χ4n) is 1.88. The van der Waals surface area contributed by atoms with E-state index in [0.29, 0.717) is 35.4 Å². The van der Waals surface area contributed by atoms with E-state index >= 15 is 0 Å². The summed E-state index contributed by atoms with van der Waals surface area (Å²) in [5, 5.41) is 0. The average Bonchev–Trinajstić information content (AvgIpc) is 2.65. The summed E-state index contributed by atoms with van der Waals surface area (Å²) in [5.41, 5.74) is 1.53. The third kappa shape index (κ3) is 2.68. The van der Waals surface area contributed by atoms with Crippen molar-refractivity contribution in [3.05, 3.63) is 28.2 Å². The molecule has 0 radical (unpaired) electrons. The van der Waals surface area contributed by atoms with Crippen molar-refractivity contribution in [2.75, 3.05) is 19.6 Å². The van der Waals surface area contributed by atoms with Gasteiger partial charge in [-0.05, 0) is 22.0 Å². The molecule has 0 saturated heterocycles. The van der Waals surface area contributed by atoms with E-state index in [1.807, 2.05) is 4.57 Å². The van der Waals surface area contributed by atoms with Gasteiger partial charge in [-0.25, -0.2) is 9.37 Å². The van der Waals surface area contributed by atoms with Gasteiger partial charge in [-0.2, -0.15) is 0 Å². The lowest BCUT2D eigenvalue weighted by Crippen LogP contribution is -2.08. The normalized spacial score (nSPS) is 11.3. The van der Waals surface area contributed by atoms with Crippen molar-refractivity contribution in [3.8, 4) is 0 Å². The molecule has 3 nitrogen and oxygen atoms in total. The number of rotatable bonds is 5. The van der Waals surface area contributed by atoms with Crippen LogP contribution in [0.3, 0.4) is 0 Å². The van der Waals surface area contributed by atoms with Gasteiger partial charge in [0.25, 0.3) is 0 Å². The Morgan fingerprint density at radius 3 is 2.94 bits per heavy atom. The van der Waals surface area contributed by atoms with Gasteiger partial charge in [0.15, 0.2) is 0 Å². The van der Waals surface area contributed by atoms with E-state index in [2.05, 4.69) is 20.9 Å². The van der Waals surface area contributed by atoms with E-state index < -0.39 is 0 Å². The summed E-state index contributed by atoms with van der Waals surface area (Å²) in [5.74, 6) is 1.03. The average molecular weight is 336 g/mol. The molecule has 6 heteroatoms. The van der Waals surface area contributed by atoms with Crippen LogP contribution in [0, 0.1) is 5.82 Å². The van der Waals surface area contributed by atoms with Crippen molar-refractivity contribution in [1.29, 1.82) is 0 Å². The smallest absolute Gasteiger partial charge is 0.139 e. The number of alkyl halides is 1. The molecule has 0 aliphatic rings. The number of benzene rings is 1. The fraction of sp³-hybridized carbons (Fsp3) is 0.417. The number of methoxy groups -OCH3 is 1. The van der Waals surface area contributed by atoms with Crippen LogP contribution in [0.25, 0.3) is 11.0 Å². The Hall–Kier alpha value is -0.650. The summed E-state index contributed by atoms with van der Waals surface area (Å²) in [7, 11) is 1.65. The Balaban J connectivity index is 2.53. The number of imidazole rings is 1. The topological polar surface area (TPSA) is 27.1 Å². The first kappa shape index (κ1) is 13.8. The molecule has 0 unspecified atom stereocenters. The molecule has 0 amide bonds. The molecule has 98 valence electrons. The molecule has 1 aromatic heterocycles. The second-order valence-corrected chi connectivity index (χ2v) is 5.10. The molecule has 0 N–H and O–H groups in total. The highest BCUT2D eigenvalue weighted by Crippen LogP contribution is 2.24. The van der Waals surface area contributed by atoms with Crippen molar-refractivity contribution in [1.82, 2.24) is 9.55 Å². The van der Waals surface area contributed by atoms with Gasteiger partial charge in [0.2, 0.25) is 0 Å². The van der Waals surface area contributed by atoms with Crippen LogP contribution in [0.5, 0.6) is 0 Å². The third-order valence-electron chi connectivity index (χ3n) is 2.71. The highest BCUT2D eigenvalue weighted by molar-refractivity contribution is 9.10. The van der Waals surface area contributed by atoms with Gasteiger partial charge >= 0.3 is 0 Å². The van der Waals surface area contributed by atoms with Gasteiger partial charge in [-0.3, -0.25) is 0 Å². The molecule has 2 aromatic rings. The van der Waals surface area contributed by atoms with Gasteiger partial charge in [0.1, 0.15) is 11.6 Å². The van der Waals surface area contributed by atoms with Gasteiger partial charge in [0.05, 0.1) is 22.1 Å². The number of aromatic nitrogens is 2. The minimum absolute atomic E-state index is 0.309. The van der Waals surface area contributed by atoms with Gasteiger partial charge < -0.3 is 9.30 Å². The van der Waals surface area contributed by atoms with Gasteiger partial charge in [-0.1, -0.05) is 0 Å². The summed E-state index contributed by atoms with van der Waals surface area (Å²) in [6, 6.07) is 3.17. The monoisotopic (exact) mass is 334 g/mol. The summed E-state index contributed by atoms with van der Waals surface area (Å²) >= 11 is 8.96. The number of fused-ring (bicyclic) bond motifs is 1. The molecular formula is C12H13BrClFN2O. The highest BCUT2D eigenvalue weighted by Gasteiger charge is 2.12. The number of hydrogen-bond acceptors (Lipinski definition) is 2. The summed E-state index contributed by atoms with van der Waals surface area (Å²) < 4.78 is 21.0. The van der Waals surface area contributed by atoms with Crippen molar-refractivity contribution in [2.24, 2.45) is 0 Å². The standard InChI is InChI=1S/C12H13BrClFN2O/c1-18-5-4-17-11-6-8(13)9(15)7-10(11)16-12(17)2-3-14/h6-7H,2-5H2,1H3. The van der Waals surface area contributed by atoms with Crippen molar-refractivity contribution < 1.29 is 9.13 Å². The molecular weight excluding hydrogens is 322 g/mol. The molecule has 2 rings (SSSR count). The van der Waals surface area contributed by atoms with Gasteiger partial charge in [-0.15, -0.1) is 11.6 Å². The summed E-state index contributed by atoms with van der Waals surface area (Å²) in [6.45, 7) is 1.26. The van der Waals surface area contributed by atoms with Crippen molar-refractivity contribution >= 4 is 38.6 Å². The Morgan fingerprint density at radius 2 is 2.28 bits per heavy atom. The van der Waals surface area contributed by atoms with E-state index in [4.69, 9.17) is 16.3 Å². The van der Waals surface area contributed by atoms with Crippen LogP contribution in [-0.4, -0.2) is 29.1 Å². The number of ether oxygens (including phenoxy) is 1. The molecule has 1 aromatic carbocycles. The lowest BCUT2D eigenvalue weighted by atomic mass is 10.3. The lowest BCUT2D eigenvalue weighted by molar-refractivity contribution is 0.187. The first-order valence-corrected chi connectivity index (χ1v) is 6.89. The molecule has 0 bridgehead atoms. The quantitative estimate of drug-likeness (QED) is 0.783. The Labute approximate surface area is 118 Å². The zero-order valence-electron chi connectivity index (χ0n) is 9.92. The third-order valence-corrected chi connectivity index (χ3v) is 3.50. The second-order valence-electron chi connectivity index (χ2n) is 3.87. The Kier molecular flexibility index (Phi) is 4.59. The summed E-state index contributed by atoms with van der Waals surface area (Å²) in [6.07, 6.45) is 0.652. The predicted molar refractivity (Wildman–Crippen MR) is 73.7 cm³/mol. The van der Waals surface area contributed by atoms with Crippen LogP contribution < -0.4 is 0 Å². The van der Waals surface area contributed by atoms with Crippen LogP contribution in [0.4, 0.5) is 4.39 Å². The number of hydrogen-bond donors (Lipinski definition) is 0. The molecule has 0 aliphatic carbocycles. The molecule has 0 atom stereocenters. The van der Waals surface area contributed by atoms with Crippen LogP contribution in [-0.2, 0) is 17.7 Å². The van der Waals surface area contributed by atoms with Crippen molar-refractivity contribution in [2.45, 2.75) is 13.0 Å². The zero-order valence-corrected chi connectivity index (χ0v) is 12.3. The largest absolute Gasteiger partial charge is 0.383 e. The maximum absolute atomic E-state index is 13.5. The van der Waals surface area contributed by atoms with E-state index in [-0.39, 0.29) is 5.82 Å². The molecule has 0 aliphatic heterocycles. The molecule has 1 heterocycles. The lowest BCUT2D eigenvalue weighted by Gasteiger charge is -2.07. The van der Waals surface area contributed by atoms with Crippen LogP contribution in [0.15, 0.2) is 16.6 Å². The zero-order chi connectivity index (χ0) is 13.1. The minimum atomic E-state index is -0.309. The molecule has 0 fully saturated rings. The number of aryl methyl sites for hydroxylation is 1. The predicted octanol–water partition coefficient (Wildman–Crippen LogP) is 3.37. The van der Waals surface area contributed by atoms with E-state index in [9.17, 15) is 4.39 Å². The first-order chi connectivity index (χ1) is 8.67. The first-order valence-electron chi connectivity index (χ1n) is 5.56. The van der Waals surface area contributed by atoms with Gasteiger partial charge in [0, 0.05) is 32.0 Å². The maximum atomic E-state index is 13.5. The number of halogens is 3. The Bertz CT molecular complexity index is 558. The molecule has 0 spiro atoms. The Morgan fingerprint density at radius 1 is 1.50 bits per heavy atom. The van der Waals surface area contributed by atoms with E-state index in [0.717, 1.165) is 11.3 Å².